The van der Waals surface area contributed by atoms with Crippen molar-refractivity contribution in [2.75, 3.05) is 0 Å². The first-order chi connectivity index (χ1) is 17.4. The summed E-state index contributed by atoms with van der Waals surface area (Å²) < 4.78 is 2.40. The third-order valence-corrected chi connectivity index (χ3v) is 16.6. The minimum absolute atomic E-state index is 0.753. The summed E-state index contributed by atoms with van der Waals surface area (Å²) in [5, 5.41) is 4.50. The van der Waals surface area contributed by atoms with Gasteiger partial charge in [0.05, 0.1) is 19.0 Å². The Morgan fingerprint density at radius 1 is 0.861 bits per heavy atom. The Hall–Kier alpha value is -1.93. The van der Waals surface area contributed by atoms with Crippen molar-refractivity contribution in [1.82, 2.24) is 0 Å². The lowest BCUT2D eigenvalue weighted by Crippen LogP contribution is -2.49. The maximum atomic E-state index is 2.64. The molecule has 1 heterocycles. The van der Waals surface area contributed by atoms with Crippen LogP contribution >= 0.6 is 0 Å². The van der Waals surface area contributed by atoms with Gasteiger partial charge < -0.3 is 0 Å². The van der Waals surface area contributed by atoms with Crippen molar-refractivity contribution in [1.29, 1.82) is 0 Å². The second-order valence-electron chi connectivity index (χ2n) is 12.3. The van der Waals surface area contributed by atoms with Crippen LogP contribution in [0.25, 0.3) is 22.0 Å². The van der Waals surface area contributed by atoms with Crippen LogP contribution in [-0.2, 0) is 7.05 Å². The number of fused-ring (bicyclic) bond motifs is 1. The molecule has 0 N–H and O–H groups in total. The Kier molecular flexibility index (Phi) is 7.46. The van der Waals surface area contributed by atoms with Crippen LogP contribution < -0.4 is 9.75 Å². The summed E-state index contributed by atoms with van der Waals surface area (Å²) in [6.45, 7) is 12.2. The molecule has 2 aliphatic rings. The predicted octanol–water partition coefficient (Wildman–Crippen LogP) is 9.06. The molecule has 2 heteroatoms. The Balaban J connectivity index is 1.71. The molecule has 2 fully saturated rings. The average molecular weight is 499 g/mol. The molecular weight excluding hydrogens is 450 g/mol. The van der Waals surface area contributed by atoms with E-state index in [4.69, 9.17) is 0 Å². The molecule has 0 atom stereocenters. The Morgan fingerprint density at radius 3 is 2.11 bits per heavy atom. The highest BCUT2D eigenvalue weighted by molar-refractivity contribution is 6.92. The summed E-state index contributed by atoms with van der Waals surface area (Å²) in [7, 11) is 0.759. The molecule has 0 radical (unpaired) electrons. The summed E-state index contributed by atoms with van der Waals surface area (Å²) in [5.41, 5.74) is 8.48. The highest BCUT2D eigenvalue weighted by atomic mass is 28.3. The number of hydrogen-bond donors (Lipinski definition) is 0. The smallest absolute Gasteiger partial charge is 0.200 e. The number of hydrogen-bond acceptors (Lipinski definition) is 0. The van der Waals surface area contributed by atoms with Gasteiger partial charge in [-0.05, 0) is 84.2 Å². The predicted molar refractivity (Wildman–Crippen MR) is 159 cm³/mol. The summed E-state index contributed by atoms with van der Waals surface area (Å²) >= 11 is 0. The van der Waals surface area contributed by atoms with E-state index in [0.29, 0.717) is 0 Å². The maximum Gasteiger partial charge on any atom is 0.220 e. The van der Waals surface area contributed by atoms with E-state index in [1.54, 1.807) is 16.3 Å². The fraction of sp³-hybridized carbons (Fsp3) is 0.559. The molecule has 5 rings (SSSR count). The van der Waals surface area contributed by atoms with Crippen molar-refractivity contribution in [3.8, 4) is 11.3 Å². The van der Waals surface area contributed by atoms with Gasteiger partial charge in [0, 0.05) is 6.07 Å². The molecule has 192 valence electrons. The van der Waals surface area contributed by atoms with Crippen molar-refractivity contribution in [2.24, 2.45) is 7.05 Å². The van der Waals surface area contributed by atoms with Crippen LogP contribution in [-0.4, -0.2) is 8.07 Å². The lowest BCUT2D eigenvalue weighted by molar-refractivity contribution is -0.659. The van der Waals surface area contributed by atoms with E-state index in [-0.39, 0.29) is 0 Å². The van der Waals surface area contributed by atoms with Gasteiger partial charge in [0.2, 0.25) is 5.69 Å². The number of benzene rings is 2. The second-order valence-corrected chi connectivity index (χ2v) is 17.8. The average Bonchev–Trinajstić information content (AvgIpc) is 3.60. The molecule has 2 aliphatic carbocycles. The zero-order chi connectivity index (χ0) is 25.4. The standard InChI is InChI=1S/C34H48NSi/c1-7-36(8-2,24(3)4)30-17-18-31-28(21-30)19-20-35(6)34(31)33-23-29(26-13-9-10-14-26)22-32(25(33)5)27-15-11-12-16-27/h17-24,26-27H,7-16H2,1-6H3/q+1. The zero-order valence-corrected chi connectivity index (χ0v) is 24.8. The molecule has 1 nitrogen and oxygen atoms in total. The Morgan fingerprint density at radius 2 is 1.50 bits per heavy atom. The Bertz CT molecular complexity index is 1220. The van der Waals surface area contributed by atoms with Crippen LogP contribution in [0.1, 0.15) is 108 Å². The van der Waals surface area contributed by atoms with Crippen LogP contribution in [0.5, 0.6) is 0 Å². The van der Waals surface area contributed by atoms with Crippen LogP contribution in [0.15, 0.2) is 42.6 Å². The van der Waals surface area contributed by atoms with Gasteiger partial charge in [-0.2, -0.15) is 0 Å². The van der Waals surface area contributed by atoms with E-state index >= 15 is 0 Å². The van der Waals surface area contributed by atoms with E-state index in [1.165, 1.54) is 91.0 Å². The van der Waals surface area contributed by atoms with E-state index in [0.717, 1.165) is 17.4 Å². The van der Waals surface area contributed by atoms with Crippen molar-refractivity contribution >= 4 is 24.0 Å². The molecule has 0 spiro atoms. The SMILES string of the molecule is CC[Si](CC)(c1ccc2c(-c3cc(C4CCCC4)cc(C4CCCC4)c3C)[n+](C)ccc2c1)C(C)C. The molecule has 0 saturated heterocycles. The summed E-state index contributed by atoms with van der Waals surface area (Å²) in [6, 6.07) is 17.8. The van der Waals surface area contributed by atoms with Gasteiger partial charge in [0.15, 0.2) is 6.20 Å². The zero-order valence-electron chi connectivity index (χ0n) is 23.8. The third-order valence-electron chi connectivity index (χ3n) is 10.4. The lowest BCUT2D eigenvalue weighted by atomic mass is 9.84. The minimum Gasteiger partial charge on any atom is -0.200 e. The lowest BCUT2D eigenvalue weighted by Gasteiger charge is -2.34. The van der Waals surface area contributed by atoms with E-state index in [9.17, 15) is 0 Å². The van der Waals surface area contributed by atoms with Crippen molar-refractivity contribution in [2.45, 2.75) is 115 Å². The minimum atomic E-state index is -1.50. The van der Waals surface area contributed by atoms with Gasteiger partial charge in [-0.1, -0.05) is 88.9 Å². The van der Waals surface area contributed by atoms with Crippen molar-refractivity contribution < 1.29 is 4.57 Å². The molecule has 0 amide bonds. The summed E-state index contributed by atoms with van der Waals surface area (Å²) in [6.07, 6.45) is 13.4. The van der Waals surface area contributed by atoms with Crippen LogP contribution in [0.4, 0.5) is 0 Å². The van der Waals surface area contributed by atoms with Crippen molar-refractivity contribution in [3.05, 3.63) is 59.3 Å². The molecule has 0 unspecified atom stereocenters. The molecule has 2 saturated carbocycles. The van der Waals surface area contributed by atoms with E-state index in [1.807, 2.05) is 0 Å². The summed E-state index contributed by atoms with van der Waals surface area (Å²) in [5.74, 6) is 1.51. The third kappa shape index (κ3) is 4.38. The number of rotatable bonds is 7. The van der Waals surface area contributed by atoms with Gasteiger partial charge in [0.25, 0.3) is 0 Å². The fourth-order valence-corrected chi connectivity index (χ4v) is 12.5. The van der Waals surface area contributed by atoms with E-state index in [2.05, 4.69) is 88.8 Å². The Labute approximate surface area is 221 Å². The van der Waals surface area contributed by atoms with Gasteiger partial charge in [-0.3, -0.25) is 0 Å². The largest absolute Gasteiger partial charge is 0.220 e. The fourth-order valence-electron chi connectivity index (χ4n) is 7.99. The number of aryl methyl sites for hydroxylation is 1. The number of nitrogens with zero attached hydrogens (tertiary/aromatic N) is 1. The van der Waals surface area contributed by atoms with Crippen molar-refractivity contribution in [3.63, 3.8) is 0 Å². The first kappa shape index (κ1) is 25.7. The van der Waals surface area contributed by atoms with Crippen LogP contribution in [0.3, 0.4) is 0 Å². The quantitative estimate of drug-likeness (QED) is 0.226. The monoisotopic (exact) mass is 498 g/mol. The molecule has 0 bridgehead atoms. The normalized spacial score (nSPS) is 17.6. The molecule has 1 aromatic heterocycles. The maximum absolute atomic E-state index is 2.64. The number of pyridine rings is 1. The van der Waals surface area contributed by atoms with Gasteiger partial charge in [-0.15, -0.1) is 0 Å². The van der Waals surface area contributed by atoms with Crippen LogP contribution in [0, 0.1) is 6.92 Å². The molecule has 0 aliphatic heterocycles. The molecule has 2 aromatic carbocycles. The second kappa shape index (κ2) is 10.4. The molecular formula is C34H48NSi+. The van der Waals surface area contributed by atoms with Crippen LogP contribution in [0.2, 0.25) is 17.6 Å². The first-order valence-electron chi connectivity index (χ1n) is 15.0. The number of aromatic nitrogens is 1. The molecule has 36 heavy (non-hydrogen) atoms. The summed E-state index contributed by atoms with van der Waals surface area (Å²) in [4.78, 5) is 0. The first-order valence-corrected chi connectivity index (χ1v) is 17.5. The highest BCUT2D eigenvalue weighted by Crippen LogP contribution is 2.43. The van der Waals surface area contributed by atoms with Gasteiger partial charge in [-0.25, -0.2) is 4.57 Å². The highest BCUT2D eigenvalue weighted by Gasteiger charge is 2.35. The molecule has 3 aromatic rings. The van der Waals surface area contributed by atoms with Gasteiger partial charge in [0.1, 0.15) is 7.05 Å². The van der Waals surface area contributed by atoms with Gasteiger partial charge >= 0.3 is 0 Å². The van der Waals surface area contributed by atoms with E-state index < -0.39 is 8.07 Å². The topological polar surface area (TPSA) is 3.88 Å².